The van der Waals surface area contributed by atoms with Gasteiger partial charge in [0.2, 0.25) is 5.91 Å². The summed E-state index contributed by atoms with van der Waals surface area (Å²) in [5, 5.41) is 0. The average Bonchev–Trinajstić information content (AvgIpc) is 3.35. The number of amides is 1. The molecule has 1 amide bonds. The molecule has 0 spiro atoms. The fourth-order valence-corrected chi connectivity index (χ4v) is 3.73. The van der Waals surface area contributed by atoms with E-state index in [1.807, 2.05) is 77.6 Å². The summed E-state index contributed by atoms with van der Waals surface area (Å²) in [5.41, 5.74) is 2.74. The van der Waals surface area contributed by atoms with Gasteiger partial charge in [0.15, 0.2) is 0 Å². The molecule has 2 aromatic heterocycles. The smallest absolute Gasteiger partial charge is 0.247 e. The second-order valence-electron chi connectivity index (χ2n) is 6.43. The van der Waals surface area contributed by atoms with Gasteiger partial charge in [-0.05, 0) is 42.7 Å². The normalized spacial score (nSPS) is 11.0. The number of carbonyl (C=O) groups is 1. The summed E-state index contributed by atoms with van der Waals surface area (Å²) < 4.78 is 7.51. The molecule has 0 aliphatic carbocycles. The van der Waals surface area contributed by atoms with Gasteiger partial charge < -0.3 is 13.9 Å². The van der Waals surface area contributed by atoms with Crippen LogP contribution in [0.15, 0.2) is 77.4 Å². The van der Waals surface area contributed by atoms with Gasteiger partial charge in [0.05, 0.1) is 29.6 Å². The highest BCUT2D eigenvalue weighted by molar-refractivity contribution is 7.97. The number of thioether (sulfide) groups is 1. The van der Waals surface area contributed by atoms with Crippen LogP contribution >= 0.6 is 11.8 Å². The Morgan fingerprint density at radius 2 is 1.86 bits per heavy atom. The highest BCUT2D eigenvalue weighted by Crippen LogP contribution is 2.22. The lowest BCUT2D eigenvalue weighted by molar-refractivity contribution is -0.119. The number of rotatable bonds is 7. The van der Waals surface area contributed by atoms with Crippen LogP contribution in [-0.2, 0) is 23.6 Å². The maximum absolute atomic E-state index is 13.4. The zero-order chi connectivity index (χ0) is 19.3. The lowest BCUT2D eigenvalue weighted by atomic mass is 10.2. The highest BCUT2D eigenvalue weighted by atomic mass is 32.2. The van der Waals surface area contributed by atoms with Crippen molar-refractivity contribution in [2.24, 2.45) is 0 Å². The van der Waals surface area contributed by atoms with Gasteiger partial charge in [0, 0.05) is 5.69 Å². The number of benzene rings is 2. The summed E-state index contributed by atoms with van der Waals surface area (Å²) in [6.45, 7) is 0.617. The van der Waals surface area contributed by atoms with E-state index in [-0.39, 0.29) is 12.5 Å². The van der Waals surface area contributed by atoms with Crippen molar-refractivity contribution < 1.29 is 9.21 Å². The number of imidazole rings is 1. The fourth-order valence-electron chi connectivity index (χ4n) is 3.25. The molecule has 0 saturated carbocycles. The third kappa shape index (κ3) is 3.82. The molecule has 0 saturated heterocycles. The standard InChI is InChI=1S/C22H21N3O2S/c1-28-16-21-23-19-11-5-6-12-20(19)25(21)15-22(26)24(14-18-10-7-13-27-18)17-8-3-2-4-9-17/h2-13H,14-16H2,1H3. The largest absolute Gasteiger partial charge is 0.467 e. The SMILES string of the molecule is CSCc1nc2ccccc2n1CC(=O)N(Cc1ccco1)c1ccccc1. The molecule has 0 atom stereocenters. The van der Waals surface area contributed by atoms with E-state index >= 15 is 0 Å². The topological polar surface area (TPSA) is 51.3 Å². The highest BCUT2D eigenvalue weighted by Gasteiger charge is 2.20. The Bertz CT molecular complexity index is 1060. The van der Waals surface area contributed by atoms with Crippen molar-refractivity contribution in [1.82, 2.24) is 9.55 Å². The number of hydrogen-bond acceptors (Lipinski definition) is 4. The van der Waals surface area contributed by atoms with Crippen LogP contribution in [0.5, 0.6) is 0 Å². The maximum atomic E-state index is 13.4. The number of nitrogens with zero attached hydrogens (tertiary/aromatic N) is 3. The molecule has 6 heteroatoms. The number of anilines is 1. The Balaban J connectivity index is 1.68. The Kier molecular flexibility index (Phi) is 5.48. The third-order valence-corrected chi connectivity index (χ3v) is 5.11. The van der Waals surface area contributed by atoms with Gasteiger partial charge >= 0.3 is 0 Å². The summed E-state index contributed by atoms with van der Waals surface area (Å²) in [6.07, 6.45) is 3.67. The van der Waals surface area contributed by atoms with E-state index in [9.17, 15) is 4.79 Å². The fraction of sp³-hybridized carbons (Fsp3) is 0.182. The first-order valence-corrected chi connectivity index (χ1v) is 10.5. The molecular formula is C22H21N3O2S. The Morgan fingerprint density at radius 1 is 1.07 bits per heavy atom. The van der Waals surface area contributed by atoms with Crippen LogP contribution in [0.2, 0.25) is 0 Å². The molecule has 28 heavy (non-hydrogen) atoms. The third-order valence-electron chi connectivity index (χ3n) is 4.56. The molecule has 0 fully saturated rings. The molecule has 0 N–H and O–H groups in total. The van der Waals surface area contributed by atoms with Crippen molar-refractivity contribution >= 4 is 34.4 Å². The molecule has 4 aromatic rings. The van der Waals surface area contributed by atoms with Gasteiger partial charge in [-0.2, -0.15) is 11.8 Å². The van der Waals surface area contributed by atoms with E-state index < -0.39 is 0 Å². The quantitative estimate of drug-likeness (QED) is 0.457. The molecule has 2 heterocycles. The average molecular weight is 391 g/mol. The molecular weight excluding hydrogens is 370 g/mol. The molecule has 0 unspecified atom stereocenters. The minimum atomic E-state index is -0.00638. The Morgan fingerprint density at radius 3 is 2.61 bits per heavy atom. The number of fused-ring (bicyclic) bond motifs is 1. The van der Waals surface area contributed by atoms with Crippen molar-refractivity contribution in [3.63, 3.8) is 0 Å². The number of furan rings is 1. The summed E-state index contributed by atoms with van der Waals surface area (Å²) in [4.78, 5) is 19.8. The van der Waals surface area contributed by atoms with Crippen molar-refractivity contribution in [3.05, 3.63) is 84.6 Å². The van der Waals surface area contributed by atoms with E-state index in [1.165, 1.54) is 0 Å². The van der Waals surface area contributed by atoms with E-state index in [2.05, 4.69) is 0 Å². The zero-order valence-electron chi connectivity index (χ0n) is 15.6. The predicted octanol–water partition coefficient (Wildman–Crippen LogP) is 4.73. The van der Waals surface area contributed by atoms with Crippen LogP contribution < -0.4 is 4.90 Å². The van der Waals surface area contributed by atoms with Gasteiger partial charge in [-0.15, -0.1) is 0 Å². The second kappa shape index (κ2) is 8.35. The molecule has 0 aliphatic rings. The van der Waals surface area contributed by atoms with E-state index in [1.54, 1.807) is 22.9 Å². The number of para-hydroxylation sites is 3. The van der Waals surface area contributed by atoms with Crippen LogP contribution in [0.4, 0.5) is 5.69 Å². The van der Waals surface area contributed by atoms with Crippen LogP contribution in [-0.4, -0.2) is 21.7 Å². The van der Waals surface area contributed by atoms with E-state index in [0.717, 1.165) is 34.1 Å². The number of hydrogen-bond donors (Lipinski definition) is 0. The summed E-state index contributed by atoms with van der Waals surface area (Å²) >= 11 is 1.70. The van der Waals surface area contributed by atoms with Gasteiger partial charge in [-0.3, -0.25) is 4.79 Å². The van der Waals surface area contributed by atoms with Crippen LogP contribution in [0.3, 0.4) is 0 Å². The monoisotopic (exact) mass is 391 g/mol. The molecule has 0 aliphatic heterocycles. The first-order chi connectivity index (χ1) is 13.8. The minimum Gasteiger partial charge on any atom is -0.467 e. The van der Waals surface area contributed by atoms with Gasteiger partial charge in [-0.25, -0.2) is 4.98 Å². The first kappa shape index (κ1) is 18.4. The van der Waals surface area contributed by atoms with Crippen LogP contribution in [0, 0.1) is 0 Å². The molecule has 5 nitrogen and oxygen atoms in total. The molecule has 0 radical (unpaired) electrons. The summed E-state index contributed by atoms with van der Waals surface area (Å²) in [7, 11) is 0. The predicted molar refractivity (Wildman–Crippen MR) is 113 cm³/mol. The molecule has 142 valence electrons. The van der Waals surface area contributed by atoms with Gasteiger partial charge in [0.1, 0.15) is 18.1 Å². The van der Waals surface area contributed by atoms with E-state index in [0.29, 0.717) is 6.54 Å². The molecule has 0 bridgehead atoms. The Hall–Kier alpha value is -2.99. The van der Waals surface area contributed by atoms with Crippen LogP contribution in [0.25, 0.3) is 11.0 Å². The van der Waals surface area contributed by atoms with Crippen molar-refractivity contribution in [3.8, 4) is 0 Å². The van der Waals surface area contributed by atoms with Crippen molar-refractivity contribution in [2.75, 3.05) is 11.2 Å². The van der Waals surface area contributed by atoms with Crippen LogP contribution in [0.1, 0.15) is 11.6 Å². The molecule has 2 aromatic carbocycles. The number of aromatic nitrogens is 2. The second-order valence-corrected chi connectivity index (χ2v) is 7.30. The lowest BCUT2D eigenvalue weighted by Crippen LogP contribution is -2.33. The summed E-state index contributed by atoms with van der Waals surface area (Å²) in [6, 6.07) is 21.4. The zero-order valence-corrected chi connectivity index (χ0v) is 16.4. The minimum absolute atomic E-state index is 0.00638. The Labute approximate surface area is 168 Å². The lowest BCUT2D eigenvalue weighted by Gasteiger charge is -2.23. The van der Waals surface area contributed by atoms with Crippen molar-refractivity contribution in [1.29, 1.82) is 0 Å². The first-order valence-electron chi connectivity index (χ1n) is 9.07. The molecule has 4 rings (SSSR count). The summed E-state index contributed by atoms with van der Waals surface area (Å²) in [5.74, 6) is 2.41. The van der Waals surface area contributed by atoms with E-state index in [4.69, 9.17) is 9.40 Å². The van der Waals surface area contributed by atoms with Crippen molar-refractivity contribution in [2.45, 2.75) is 18.8 Å². The van der Waals surface area contributed by atoms with Gasteiger partial charge in [-0.1, -0.05) is 30.3 Å². The van der Waals surface area contributed by atoms with Gasteiger partial charge in [0.25, 0.3) is 0 Å². The maximum Gasteiger partial charge on any atom is 0.247 e. The number of carbonyl (C=O) groups excluding carboxylic acids is 1.